The molecule has 0 aliphatic carbocycles. The molecule has 3 rings (SSSR count). The van der Waals surface area contributed by atoms with Crippen molar-refractivity contribution in [1.29, 1.82) is 0 Å². The third-order valence-electron chi connectivity index (χ3n) is 4.13. The third kappa shape index (κ3) is 5.17. The average molecular weight is 351 g/mol. The first-order valence-corrected chi connectivity index (χ1v) is 8.14. The predicted octanol–water partition coefficient (Wildman–Crippen LogP) is 3.17. The highest BCUT2D eigenvalue weighted by Gasteiger charge is 2.28. The minimum atomic E-state index is -4.33. The summed E-state index contributed by atoms with van der Waals surface area (Å²) in [6.45, 7) is 1.95. The molecule has 25 heavy (non-hydrogen) atoms. The van der Waals surface area contributed by atoms with Crippen LogP contribution in [0.4, 0.5) is 13.2 Å². The van der Waals surface area contributed by atoms with Crippen molar-refractivity contribution < 1.29 is 17.9 Å². The Morgan fingerprint density at radius 2 is 2.00 bits per heavy atom. The summed E-state index contributed by atoms with van der Waals surface area (Å²) < 4.78 is 41.8. The van der Waals surface area contributed by atoms with E-state index < -0.39 is 12.8 Å². The molecule has 2 aromatic rings. The van der Waals surface area contributed by atoms with Gasteiger partial charge in [-0.2, -0.15) is 13.2 Å². The van der Waals surface area contributed by atoms with Crippen LogP contribution in [0.3, 0.4) is 0 Å². The Labute approximate surface area is 144 Å². The van der Waals surface area contributed by atoms with Gasteiger partial charge in [0.2, 0.25) is 0 Å². The summed E-state index contributed by atoms with van der Waals surface area (Å²) in [5.74, 6) is 0.241. The molecule has 0 saturated carbocycles. The number of piperazine rings is 1. The molecule has 1 saturated heterocycles. The normalized spacial score (nSPS) is 18.9. The van der Waals surface area contributed by atoms with E-state index >= 15 is 0 Å². The van der Waals surface area contributed by atoms with Crippen LogP contribution in [-0.2, 0) is 6.54 Å². The molecule has 1 fully saturated rings. The molecule has 1 atom stereocenters. The summed E-state index contributed by atoms with van der Waals surface area (Å²) in [5.41, 5.74) is 2.10. The zero-order chi connectivity index (χ0) is 17.7. The monoisotopic (exact) mass is 351 g/mol. The van der Waals surface area contributed by atoms with E-state index in [1.807, 2.05) is 18.2 Å². The minimum Gasteiger partial charge on any atom is -0.484 e. The van der Waals surface area contributed by atoms with E-state index in [0.29, 0.717) is 6.54 Å². The van der Waals surface area contributed by atoms with Gasteiger partial charge < -0.3 is 10.1 Å². The largest absolute Gasteiger partial charge is 0.484 e. The number of nitrogens with one attached hydrogen (secondary N) is 1. The van der Waals surface area contributed by atoms with Crippen LogP contribution in [0.25, 0.3) is 0 Å². The van der Waals surface area contributed by atoms with Crippen molar-refractivity contribution in [3.8, 4) is 5.75 Å². The first-order valence-electron chi connectivity index (χ1n) is 8.14. The number of benzene rings is 1. The molecular weight excluding hydrogens is 331 g/mol. The van der Waals surface area contributed by atoms with Gasteiger partial charge in [0.05, 0.1) is 0 Å². The Bertz CT molecular complexity index is 679. The molecule has 2 heterocycles. The van der Waals surface area contributed by atoms with Gasteiger partial charge in [-0.05, 0) is 35.4 Å². The first-order chi connectivity index (χ1) is 12.0. The summed E-state index contributed by atoms with van der Waals surface area (Å²) in [7, 11) is 0. The van der Waals surface area contributed by atoms with Gasteiger partial charge in [0.1, 0.15) is 5.75 Å². The number of ether oxygens (including phenoxy) is 1. The van der Waals surface area contributed by atoms with Gasteiger partial charge in [-0.1, -0.05) is 12.1 Å². The highest BCUT2D eigenvalue weighted by molar-refractivity contribution is 5.29. The van der Waals surface area contributed by atoms with E-state index in [-0.39, 0.29) is 11.8 Å². The molecule has 0 radical (unpaired) electrons. The molecular formula is C18H20F3N3O. The van der Waals surface area contributed by atoms with E-state index in [9.17, 15) is 13.2 Å². The maximum Gasteiger partial charge on any atom is 0.422 e. The van der Waals surface area contributed by atoms with Crippen molar-refractivity contribution in [3.63, 3.8) is 0 Å². The van der Waals surface area contributed by atoms with Crippen molar-refractivity contribution in [1.82, 2.24) is 15.2 Å². The molecule has 0 bridgehead atoms. The Morgan fingerprint density at radius 1 is 1.20 bits per heavy atom. The van der Waals surface area contributed by atoms with Crippen molar-refractivity contribution in [2.75, 3.05) is 26.2 Å². The van der Waals surface area contributed by atoms with Gasteiger partial charge in [-0.3, -0.25) is 9.88 Å². The molecule has 7 heteroatoms. The van der Waals surface area contributed by atoms with Crippen molar-refractivity contribution in [2.24, 2.45) is 0 Å². The second-order valence-electron chi connectivity index (χ2n) is 6.02. The number of rotatable bonds is 5. The number of halogens is 3. The molecule has 134 valence electrons. The van der Waals surface area contributed by atoms with Crippen LogP contribution in [0.15, 0.2) is 48.8 Å². The summed E-state index contributed by atoms with van der Waals surface area (Å²) in [4.78, 5) is 6.37. The number of aromatic nitrogens is 1. The fraction of sp³-hybridized carbons (Fsp3) is 0.389. The topological polar surface area (TPSA) is 37.4 Å². The number of hydrogen-bond donors (Lipinski definition) is 1. The molecule has 1 aromatic carbocycles. The standard InChI is InChI=1S/C18H20F3N3O/c19-18(20,21)13-25-16-3-1-2-14(10-16)12-24-9-8-23-11-17(24)15-4-6-22-7-5-15/h1-7,10,17,23H,8-9,11-13H2. The van der Waals surface area contributed by atoms with Crippen LogP contribution in [0, 0.1) is 0 Å². The maximum absolute atomic E-state index is 12.3. The lowest BCUT2D eigenvalue weighted by atomic mass is 10.0. The SMILES string of the molecule is FC(F)(F)COc1cccc(CN2CCNCC2c2ccncc2)c1. The first kappa shape index (κ1) is 17.7. The fourth-order valence-corrected chi connectivity index (χ4v) is 2.98. The maximum atomic E-state index is 12.3. The van der Waals surface area contributed by atoms with E-state index in [1.54, 1.807) is 30.6 Å². The molecule has 1 unspecified atom stereocenters. The van der Waals surface area contributed by atoms with Gasteiger partial charge in [0.15, 0.2) is 6.61 Å². The van der Waals surface area contributed by atoms with Crippen LogP contribution >= 0.6 is 0 Å². The lowest BCUT2D eigenvalue weighted by Crippen LogP contribution is -2.45. The number of nitrogens with zero attached hydrogens (tertiary/aromatic N) is 2. The van der Waals surface area contributed by atoms with Gasteiger partial charge in [0.25, 0.3) is 0 Å². The Kier molecular flexibility index (Phi) is 5.55. The molecule has 0 spiro atoms. The van der Waals surface area contributed by atoms with Crippen LogP contribution in [0.2, 0.25) is 0 Å². The highest BCUT2D eigenvalue weighted by Crippen LogP contribution is 2.25. The second-order valence-corrected chi connectivity index (χ2v) is 6.02. The van der Waals surface area contributed by atoms with Crippen LogP contribution in [0.5, 0.6) is 5.75 Å². The lowest BCUT2D eigenvalue weighted by Gasteiger charge is -2.36. The van der Waals surface area contributed by atoms with Crippen LogP contribution < -0.4 is 10.1 Å². The molecule has 1 aromatic heterocycles. The number of hydrogen-bond acceptors (Lipinski definition) is 4. The minimum absolute atomic E-state index is 0.205. The summed E-state index contributed by atoms with van der Waals surface area (Å²) in [6.07, 6.45) is -0.789. The summed E-state index contributed by atoms with van der Waals surface area (Å²) in [5, 5.41) is 3.39. The van der Waals surface area contributed by atoms with Crippen LogP contribution in [0.1, 0.15) is 17.2 Å². The van der Waals surface area contributed by atoms with E-state index in [4.69, 9.17) is 4.74 Å². The van der Waals surface area contributed by atoms with Gasteiger partial charge in [-0.25, -0.2) is 0 Å². The van der Waals surface area contributed by atoms with Crippen molar-refractivity contribution in [3.05, 3.63) is 59.9 Å². The number of pyridine rings is 1. The predicted molar refractivity (Wildman–Crippen MR) is 88.2 cm³/mol. The molecule has 1 N–H and O–H groups in total. The van der Waals surface area contributed by atoms with E-state index in [2.05, 4.69) is 15.2 Å². The zero-order valence-electron chi connectivity index (χ0n) is 13.7. The summed E-state index contributed by atoms with van der Waals surface area (Å²) in [6, 6.07) is 11.1. The fourth-order valence-electron chi connectivity index (χ4n) is 2.98. The van der Waals surface area contributed by atoms with Gasteiger partial charge in [-0.15, -0.1) is 0 Å². The van der Waals surface area contributed by atoms with Gasteiger partial charge >= 0.3 is 6.18 Å². The summed E-state index contributed by atoms with van der Waals surface area (Å²) >= 11 is 0. The second kappa shape index (κ2) is 7.84. The van der Waals surface area contributed by atoms with E-state index in [0.717, 1.165) is 25.2 Å². The van der Waals surface area contributed by atoms with E-state index in [1.165, 1.54) is 5.56 Å². The highest BCUT2D eigenvalue weighted by atomic mass is 19.4. The smallest absolute Gasteiger partial charge is 0.422 e. The Morgan fingerprint density at radius 3 is 2.76 bits per heavy atom. The van der Waals surface area contributed by atoms with Crippen molar-refractivity contribution in [2.45, 2.75) is 18.8 Å². The molecule has 0 amide bonds. The zero-order valence-corrected chi connectivity index (χ0v) is 13.7. The Balaban J connectivity index is 1.69. The van der Waals surface area contributed by atoms with Crippen molar-refractivity contribution >= 4 is 0 Å². The molecule has 1 aliphatic rings. The lowest BCUT2D eigenvalue weighted by molar-refractivity contribution is -0.153. The average Bonchev–Trinajstić information content (AvgIpc) is 2.61. The van der Waals surface area contributed by atoms with Gasteiger partial charge in [0, 0.05) is 44.6 Å². The molecule has 1 aliphatic heterocycles. The van der Waals surface area contributed by atoms with Crippen LogP contribution in [-0.4, -0.2) is 42.3 Å². The quantitative estimate of drug-likeness (QED) is 0.898. The third-order valence-corrected chi connectivity index (χ3v) is 4.13. The number of alkyl halides is 3. The molecule has 4 nitrogen and oxygen atoms in total. The Hall–Kier alpha value is -2.12.